The largest absolute Gasteiger partial charge is 0.282 e. The van der Waals surface area contributed by atoms with Gasteiger partial charge in [-0.3, -0.25) is 14.7 Å². The van der Waals surface area contributed by atoms with Gasteiger partial charge in [0.1, 0.15) is 11.5 Å². The van der Waals surface area contributed by atoms with Crippen LogP contribution in [0.3, 0.4) is 0 Å². The van der Waals surface area contributed by atoms with Crippen LogP contribution in [0.25, 0.3) is 6.08 Å². The molecule has 5 rings (SSSR count). The first-order valence-corrected chi connectivity index (χ1v) is 9.67. The fourth-order valence-corrected chi connectivity index (χ4v) is 3.77. The Bertz CT molecular complexity index is 1200. The van der Waals surface area contributed by atoms with Crippen LogP contribution in [-0.4, -0.2) is 24.0 Å². The first kappa shape index (κ1) is 17.6. The highest BCUT2D eigenvalue weighted by Crippen LogP contribution is 2.33. The summed E-state index contributed by atoms with van der Waals surface area (Å²) in [5.74, 6) is 0.462. The third kappa shape index (κ3) is 3.18. The van der Waals surface area contributed by atoms with Crippen molar-refractivity contribution in [2.45, 2.75) is 0 Å². The Kier molecular flexibility index (Phi) is 4.34. The normalized spacial score (nSPS) is 16.8. The molecule has 0 aromatic heterocycles. The number of rotatable bonds is 2. The Morgan fingerprint density at radius 3 is 2.41 bits per heavy atom. The van der Waals surface area contributed by atoms with Crippen molar-refractivity contribution in [3.8, 4) is 0 Å². The first-order valence-electron chi connectivity index (χ1n) is 9.29. The van der Waals surface area contributed by atoms with Gasteiger partial charge in [-0.25, -0.2) is 4.99 Å². The number of hydrogen-bond donors (Lipinski definition) is 0. The second kappa shape index (κ2) is 7.15. The van der Waals surface area contributed by atoms with Crippen molar-refractivity contribution in [3.63, 3.8) is 0 Å². The van der Waals surface area contributed by atoms with Crippen LogP contribution >= 0.6 is 11.6 Å². The van der Waals surface area contributed by atoms with Crippen LogP contribution in [0, 0.1) is 0 Å². The molecule has 0 saturated carbocycles. The van der Waals surface area contributed by atoms with E-state index < -0.39 is 0 Å². The predicted molar refractivity (Wildman–Crippen MR) is 118 cm³/mol. The predicted octanol–water partition coefficient (Wildman–Crippen LogP) is 4.98. The van der Waals surface area contributed by atoms with E-state index in [0.717, 1.165) is 28.1 Å². The van der Waals surface area contributed by atoms with E-state index in [1.54, 1.807) is 17.0 Å². The van der Waals surface area contributed by atoms with Crippen LogP contribution in [0.15, 0.2) is 94.5 Å². The van der Waals surface area contributed by atoms with Crippen molar-refractivity contribution in [1.29, 1.82) is 0 Å². The van der Waals surface area contributed by atoms with Crippen molar-refractivity contribution < 1.29 is 4.79 Å². The van der Waals surface area contributed by atoms with Gasteiger partial charge in [0.2, 0.25) is 0 Å². The standard InChI is InChI=1S/C24H16ClN3O/c25-18-11-12-21-19(14-18)23(17-9-5-2-6-10-17)26-15-22-27-20(24(29)28(21)22)13-16-7-3-1-4-8-16/h1-14H,15H2/b20-13+. The lowest BCUT2D eigenvalue weighted by molar-refractivity contribution is -0.113. The molecule has 3 aromatic carbocycles. The van der Waals surface area contributed by atoms with Gasteiger partial charge in [0.05, 0.1) is 17.9 Å². The van der Waals surface area contributed by atoms with E-state index in [2.05, 4.69) is 4.99 Å². The number of fused-ring (bicyclic) bond motifs is 3. The Balaban J connectivity index is 1.65. The lowest BCUT2D eigenvalue weighted by atomic mass is 10.00. The summed E-state index contributed by atoms with van der Waals surface area (Å²) in [7, 11) is 0. The molecule has 2 aliphatic heterocycles. The lowest BCUT2D eigenvalue weighted by Crippen LogP contribution is -2.33. The monoisotopic (exact) mass is 397 g/mol. The average molecular weight is 398 g/mol. The molecule has 0 fully saturated rings. The van der Waals surface area contributed by atoms with Crippen LogP contribution in [0.1, 0.15) is 16.7 Å². The highest BCUT2D eigenvalue weighted by Gasteiger charge is 2.35. The van der Waals surface area contributed by atoms with Crippen LogP contribution in [0.5, 0.6) is 0 Å². The molecule has 0 aliphatic carbocycles. The summed E-state index contributed by atoms with van der Waals surface area (Å²) in [4.78, 5) is 24.3. The summed E-state index contributed by atoms with van der Waals surface area (Å²) in [5.41, 5.74) is 4.69. The Morgan fingerprint density at radius 1 is 0.931 bits per heavy atom. The minimum atomic E-state index is -0.156. The van der Waals surface area contributed by atoms with Crippen molar-refractivity contribution in [3.05, 3.63) is 106 Å². The number of carbonyl (C=O) groups is 1. The zero-order valence-corrected chi connectivity index (χ0v) is 16.2. The summed E-state index contributed by atoms with van der Waals surface area (Å²) < 4.78 is 0. The van der Waals surface area contributed by atoms with E-state index in [9.17, 15) is 4.79 Å². The van der Waals surface area contributed by atoms with E-state index >= 15 is 0 Å². The maximum Gasteiger partial charge on any atom is 0.282 e. The SMILES string of the molecule is O=C1/C(=C\c2ccccc2)N=C2CN=C(c3ccccc3)c3cc(Cl)ccc3N12. The molecular formula is C24H16ClN3O. The van der Waals surface area contributed by atoms with Gasteiger partial charge in [-0.05, 0) is 29.8 Å². The topological polar surface area (TPSA) is 45.0 Å². The number of carbonyl (C=O) groups excluding carboxylic acids is 1. The van der Waals surface area contributed by atoms with Gasteiger partial charge in [-0.1, -0.05) is 72.3 Å². The van der Waals surface area contributed by atoms with Gasteiger partial charge < -0.3 is 0 Å². The maximum atomic E-state index is 13.2. The minimum Gasteiger partial charge on any atom is -0.276 e. The zero-order chi connectivity index (χ0) is 19.8. The van der Waals surface area contributed by atoms with E-state index in [-0.39, 0.29) is 5.91 Å². The molecular weight excluding hydrogens is 382 g/mol. The van der Waals surface area contributed by atoms with E-state index in [1.165, 1.54) is 0 Å². The summed E-state index contributed by atoms with van der Waals surface area (Å²) in [6.07, 6.45) is 1.81. The number of nitrogens with zero attached hydrogens (tertiary/aromatic N) is 3. The van der Waals surface area contributed by atoms with Gasteiger partial charge in [0.15, 0.2) is 0 Å². The Hall–Kier alpha value is -3.50. The molecule has 1 amide bonds. The molecule has 0 radical (unpaired) electrons. The highest BCUT2D eigenvalue weighted by atomic mass is 35.5. The molecule has 5 heteroatoms. The summed E-state index contributed by atoms with van der Waals surface area (Å²) >= 11 is 6.30. The van der Waals surface area contributed by atoms with Crippen LogP contribution in [0.4, 0.5) is 5.69 Å². The van der Waals surface area contributed by atoms with Crippen LogP contribution < -0.4 is 4.90 Å². The van der Waals surface area contributed by atoms with Crippen molar-refractivity contribution in [1.82, 2.24) is 0 Å². The smallest absolute Gasteiger partial charge is 0.276 e. The number of amidine groups is 1. The Morgan fingerprint density at radius 2 is 1.66 bits per heavy atom. The molecule has 0 atom stereocenters. The lowest BCUT2D eigenvalue weighted by Gasteiger charge is -2.19. The molecule has 0 spiro atoms. The van der Waals surface area contributed by atoms with Gasteiger partial charge >= 0.3 is 0 Å². The zero-order valence-electron chi connectivity index (χ0n) is 15.4. The average Bonchev–Trinajstić information content (AvgIpc) is 2.96. The fourth-order valence-electron chi connectivity index (χ4n) is 3.59. The van der Waals surface area contributed by atoms with Gasteiger partial charge in [0.25, 0.3) is 5.91 Å². The van der Waals surface area contributed by atoms with E-state index in [0.29, 0.717) is 23.1 Å². The molecule has 0 saturated heterocycles. The fraction of sp³-hybridized carbons (Fsp3) is 0.0417. The van der Waals surface area contributed by atoms with Gasteiger partial charge in [-0.15, -0.1) is 0 Å². The number of hydrogen-bond acceptors (Lipinski definition) is 3. The quantitative estimate of drug-likeness (QED) is 0.562. The molecule has 2 heterocycles. The van der Waals surface area contributed by atoms with Crippen LogP contribution in [-0.2, 0) is 4.79 Å². The Labute approximate surface area is 173 Å². The number of anilines is 1. The molecule has 2 aliphatic rings. The molecule has 3 aromatic rings. The molecule has 0 N–H and O–H groups in total. The molecule has 29 heavy (non-hydrogen) atoms. The number of halogens is 1. The summed E-state index contributed by atoms with van der Waals surface area (Å²) in [5, 5.41) is 0.597. The highest BCUT2D eigenvalue weighted by molar-refractivity contribution is 6.35. The van der Waals surface area contributed by atoms with Crippen LogP contribution in [0.2, 0.25) is 5.02 Å². The summed E-state index contributed by atoms with van der Waals surface area (Å²) in [6.45, 7) is 0.314. The van der Waals surface area contributed by atoms with Crippen molar-refractivity contribution >= 4 is 40.8 Å². The third-order valence-corrected chi connectivity index (χ3v) is 5.15. The van der Waals surface area contributed by atoms with Gasteiger partial charge in [-0.2, -0.15) is 0 Å². The molecule has 4 nitrogen and oxygen atoms in total. The second-order valence-electron chi connectivity index (χ2n) is 6.80. The third-order valence-electron chi connectivity index (χ3n) is 4.91. The molecule has 0 bridgehead atoms. The number of aliphatic imine (C=N–C) groups is 2. The molecule has 0 unspecified atom stereocenters. The maximum absolute atomic E-state index is 13.2. The van der Waals surface area contributed by atoms with Crippen molar-refractivity contribution in [2.24, 2.45) is 9.98 Å². The number of amides is 1. The van der Waals surface area contributed by atoms with E-state index in [1.807, 2.05) is 72.8 Å². The van der Waals surface area contributed by atoms with Crippen molar-refractivity contribution in [2.75, 3.05) is 11.4 Å². The molecule has 140 valence electrons. The number of benzene rings is 3. The first-order chi connectivity index (χ1) is 14.2. The minimum absolute atomic E-state index is 0.156. The summed E-state index contributed by atoms with van der Waals surface area (Å²) in [6, 6.07) is 25.1. The second-order valence-corrected chi connectivity index (χ2v) is 7.24. The van der Waals surface area contributed by atoms with Gasteiger partial charge in [0, 0.05) is 16.1 Å². The van der Waals surface area contributed by atoms with E-state index in [4.69, 9.17) is 16.6 Å².